The van der Waals surface area contributed by atoms with E-state index < -0.39 is 12.0 Å². The molecule has 29 heavy (non-hydrogen) atoms. The van der Waals surface area contributed by atoms with Gasteiger partial charge >= 0.3 is 6.09 Å². The highest BCUT2D eigenvalue weighted by Gasteiger charge is 2.44. The van der Waals surface area contributed by atoms with Crippen molar-refractivity contribution in [3.63, 3.8) is 0 Å². The molecule has 1 aromatic rings. The molecular formula is C24H33NO4. The van der Waals surface area contributed by atoms with Gasteiger partial charge in [-0.3, -0.25) is 4.79 Å². The summed E-state index contributed by atoms with van der Waals surface area (Å²) < 4.78 is 5.11. The number of hydrogen-bond acceptors (Lipinski definition) is 4. The van der Waals surface area contributed by atoms with Crippen LogP contribution in [0.3, 0.4) is 0 Å². The van der Waals surface area contributed by atoms with E-state index in [4.69, 9.17) is 4.74 Å². The largest absolute Gasteiger partial charge is 0.445 e. The first kappa shape index (κ1) is 21.6. The van der Waals surface area contributed by atoms with Gasteiger partial charge in [0.05, 0.1) is 12.0 Å². The Morgan fingerprint density at radius 2 is 1.86 bits per heavy atom. The summed E-state index contributed by atoms with van der Waals surface area (Å²) in [6.07, 6.45) is 3.70. The molecule has 5 nitrogen and oxygen atoms in total. The Labute approximate surface area is 173 Å². The number of ether oxygens (including phenoxy) is 1. The SMILES string of the molecule is C=CCOC(=O)N1CCC(CC2CC(=O)C(c3c(C)cc(C)cc3C)C2O)CC1. The van der Waals surface area contributed by atoms with E-state index in [2.05, 4.69) is 25.6 Å². The molecule has 1 saturated carbocycles. The lowest BCUT2D eigenvalue weighted by atomic mass is 9.82. The van der Waals surface area contributed by atoms with Crippen LogP contribution >= 0.6 is 0 Å². The average Bonchev–Trinajstić information content (AvgIpc) is 2.93. The number of piperidine rings is 1. The molecule has 1 saturated heterocycles. The van der Waals surface area contributed by atoms with Crippen molar-refractivity contribution in [2.75, 3.05) is 19.7 Å². The number of hydrogen-bond donors (Lipinski definition) is 1. The standard InChI is InChI=1S/C24H33NO4/c1-5-10-29-24(28)25-8-6-18(7-9-25)13-19-14-20(26)22(23(19)27)21-16(3)11-15(2)12-17(21)4/h5,11-12,18-19,22-23,27H,1,6-10,13-14H2,2-4H3. The van der Waals surface area contributed by atoms with Gasteiger partial charge in [0.15, 0.2) is 0 Å². The minimum Gasteiger partial charge on any atom is -0.445 e. The van der Waals surface area contributed by atoms with Gasteiger partial charge in [-0.2, -0.15) is 0 Å². The van der Waals surface area contributed by atoms with Crippen molar-refractivity contribution in [2.45, 2.75) is 58.5 Å². The Morgan fingerprint density at radius 3 is 2.45 bits per heavy atom. The van der Waals surface area contributed by atoms with Gasteiger partial charge in [0, 0.05) is 19.5 Å². The predicted molar refractivity (Wildman–Crippen MR) is 113 cm³/mol. The molecule has 0 aromatic heterocycles. The first-order chi connectivity index (χ1) is 13.8. The number of likely N-dealkylation sites (tertiary alicyclic amines) is 1. The molecule has 1 N–H and O–H groups in total. The summed E-state index contributed by atoms with van der Waals surface area (Å²) in [5, 5.41) is 11.0. The van der Waals surface area contributed by atoms with Crippen LogP contribution in [0.2, 0.25) is 0 Å². The molecule has 3 atom stereocenters. The summed E-state index contributed by atoms with van der Waals surface area (Å²) in [4.78, 5) is 26.5. The summed E-state index contributed by atoms with van der Waals surface area (Å²) >= 11 is 0. The van der Waals surface area contributed by atoms with Crippen molar-refractivity contribution in [1.82, 2.24) is 4.90 Å². The highest BCUT2D eigenvalue weighted by Crippen LogP contribution is 2.42. The highest BCUT2D eigenvalue weighted by atomic mass is 16.6. The van der Waals surface area contributed by atoms with Crippen LogP contribution in [0.4, 0.5) is 4.79 Å². The first-order valence-electron chi connectivity index (χ1n) is 10.6. The van der Waals surface area contributed by atoms with Gasteiger partial charge in [-0.25, -0.2) is 4.79 Å². The molecule has 1 aliphatic heterocycles. The lowest BCUT2D eigenvalue weighted by Gasteiger charge is -2.33. The van der Waals surface area contributed by atoms with E-state index in [1.807, 2.05) is 13.8 Å². The van der Waals surface area contributed by atoms with Gasteiger partial charge in [0.25, 0.3) is 0 Å². The minimum atomic E-state index is -0.627. The second-order valence-corrected chi connectivity index (χ2v) is 8.74. The van der Waals surface area contributed by atoms with Crippen LogP contribution < -0.4 is 0 Å². The second kappa shape index (κ2) is 9.12. The molecule has 2 aliphatic rings. The quantitative estimate of drug-likeness (QED) is 0.758. The number of benzene rings is 1. The molecule has 1 heterocycles. The zero-order valence-electron chi connectivity index (χ0n) is 17.8. The fourth-order valence-electron chi connectivity index (χ4n) is 5.21. The fraction of sp³-hybridized carbons (Fsp3) is 0.583. The van der Waals surface area contributed by atoms with Crippen LogP contribution in [0.5, 0.6) is 0 Å². The van der Waals surface area contributed by atoms with E-state index in [0.29, 0.717) is 25.4 Å². The number of carbonyl (C=O) groups excluding carboxylic acids is 2. The molecule has 158 valence electrons. The fourth-order valence-corrected chi connectivity index (χ4v) is 5.21. The molecule has 5 heteroatoms. The molecule has 1 aromatic carbocycles. The third kappa shape index (κ3) is 4.72. The molecule has 0 radical (unpaired) electrons. The highest BCUT2D eigenvalue weighted by molar-refractivity contribution is 5.90. The number of amides is 1. The van der Waals surface area contributed by atoms with E-state index in [-0.39, 0.29) is 24.4 Å². The van der Waals surface area contributed by atoms with E-state index in [0.717, 1.165) is 36.0 Å². The van der Waals surface area contributed by atoms with Crippen molar-refractivity contribution in [3.05, 3.63) is 47.0 Å². The van der Waals surface area contributed by atoms with Crippen molar-refractivity contribution < 1.29 is 19.4 Å². The van der Waals surface area contributed by atoms with Crippen molar-refractivity contribution in [1.29, 1.82) is 0 Å². The molecule has 0 spiro atoms. The van der Waals surface area contributed by atoms with E-state index >= 15 is 0 Å². The van der Waals surface area contributed by atoms with Crippen LogP contribution in [-0.2, 0) is 9.53 Å². The Balaban J connectivity index is 1.61. The number of aryl methyl sites for hydroxylation is 3. The maximum absolute atomic E-state index is 12.8. The van der Waals surface area contributed by atoms with Crippen molar-refractivity contribution >= 4 is 11.9 Å². The normalized spacial score (nSPS) is 25.3. The number of aliphatic hydroxyl groups excluding tert-OH is 1. The zero-order chi connectivity index (χ0) is 21.1. The number of aliphatic hydroxyl groups is 1. The lowest BCUT2D eigenvalue weighted by molar-refractivity contribution is -0.119. The Bertz CT molecular complexity index is 756. The van der Waals surface area contributed by atoms with Crippen LogP contribution in [0.1, 0.15) is 53.9 Å². The van der Waals surface area contributed by atoms with Gasteiger partial charge in [0.1, 0.15) is 12.4 Å². The van der Waals surface area contributed by atoms with E-state index in [9.17, 15) is 14.7 Å². The van der Waals surface area contributed by atoms with Gasteiger partial charge in [-0.1, -0.05) is 30.4 Å². The lowest BCUT2D eigenvalue weighted by Crippen LogP contribution is -2.39. The summed E-state index contributed by atoms with van der Waals surface area (Å²) in [6.45, 7) is 11.2. The third-order valence-electron chi connectivity index (χ3n) is 6.52. The Kier molecular flexibility index (Phi) is 6.78. The number of carbonyl (C=O) groups is 2. The maximum Gasteiger partial charge on any atom is 0.410 e. The Hall–Kier alpha value is -2.14. The van der Waals surface area contributed by atoms with Gasteiger partial charge in [0.2, 0.25) is 0 Å². The summed E-state index contributed by atoms with van der Waals surface area (Å²) in [7, 11) is 0. The summed E-state index contributed by atoms with van der Waals surface area (Å²) in [5.74, 6) is 0.166. The van der Waals surface area contributed by atoms with E-state index in [1.165, 1.54) is 5.56 Å². The summed E-state index contributed by atoms with van der Waals surface area (Å²) in [5.41, 5.74) is 4.37. The number of nitrogens with zero attached hydrogens (tertiary/aromatic N) is 1. The molecule has 0 bridgehead atoms. The second-order valence-electron chi connectivity index (χ2n) is 8.74. The minimum absolute atomic E-state index is 0.00290. The van der Waals surface area contributed by atoms with E-state index in [1.54, 1.807) is 11.0 Å². The number of Topliss-reactive ketones (excluding diaryl/α,β-unsaturated/α-hetero) is 1. The topological polar surface area (TPSA) is 66.8 Å². The van der Waals surface area contributed by atoms with Crippen LogP contribution in [-0.4, -0.2) is 47.7 Å². The first-order valence-corrected chi connectivity index (χ1v) is 10.6. The van der Waals surface area contributed by atoms with Gasteiger partial charge < -0.3 is 14.7 Å². The number of rotatable bonds is 5. The average molecular weight is 400 g/mol. The smallest absolute Gasteiger partial charge is 0.410 e. The van der Waals surface area contributed by atoms with Gasteiger partial charge in [-0.05, 0) is 68.6 Å². The molecule has 1 aliphatic carbocycles. The summed E-state index contributed by atoms with van der Waals surface area (Å²) in [6, 6.07) is 4.19. The monoisotopic (exact) mass is 399 g/mol. The van der Waals surface area contributed by atoms with Crippen LogP contribution in [0.15, 0.2) is 24.8 Å². The Morgan fingerprint density at radius 1 is 1.24 bits per heavy atom. The van der Waals surface area contributed by atoms with Crippen LogP contribution in [0.25, 0.3) is 0 Å². The van der Waals surface area contributed by atoms with Crippen molar-refractivity contribution in [3.8, 4) is 0 Å². The molecule has 3 rings (SSSR count). The number of ketones is 1. The molecule has 2 fully saturated rings. The van der Waals surface area contributed by atoms with Gasteiger partial charge in [-0.15, -0.1) is 0 Å². The van der Waals surface area contributed by atoms with Crippen molar-refractivity contribution in [2.24, 2.45) is 11.8 Å². The molecule has 1 amide bonds. The maximum atomic E-state index is 12.8. The zero-order valence-corrected chi connectivity index (χ0v) is 17.8. The third-order valence-corrected chi connectivity index (χ3v) is 6.52. The van der Waals surface area contributed by atoms with Crippen LogP contribution in [0, 0.1) is 32.6 Å². The predicted octanol–water partition coefficient (Wildman–Crippen LogP) is 4.07. The molecule has 3 unspecified atom stereocenters. The molecular weight excluding hydrogens is 366 g/mol.